The Bertz CT molecular complexity index is 942. The first kappa shape index (κ1) is 22.3. The molecule has 1 saturated heterocycles. The van der Waals surface area contributed by atoms with Gasteiger partial charge in [0, 0.05) is 36.6 Å². The molecule has 2 atom stereocenters. The number of allylic oxidation sites excluding steroid dienone is 1. The van der Waals surface area contributed by atoms with Gasteiger partial charge >= 0.3 is 0 Å². The highest BCUT2D eigenvalue weighted by atomic mass is 16.5. The molecule has 1 fully saturated rings. The predicted molar refractivity (Wildman–Crippen MR) is 123 cm³/mol. The number of carbonyl (C=O) groups is 2. The topological polar surface area (TPSA) is 78.0 Å². The molecular weight excluding hydrogens is 406 g/mol. The molecule has 8 nitrogen and oxygen atoms in total. The Morgan fingerprint density at radius 3 is 2.78 bits per heavy atom. The lowest BCUT2D eigenvalue weighted by Gasteiger charge is -2.36. The van der Waals surface area contributed by atoms with Crippen LogP contribution in [0.2, 0.25) is 0 Å². The zero-order valence-corrected chi connectivity index (χ0v) is 19.4. The number of anilines is 1. The van der Waals surface area contributed by atoms with E-state index in [2.05, 4.69) is 22.1 Å². The fraction of sp³-hybridized carbons (Fsp3) is 0.542. The van der Waals surface area contributed by atoms with Gasteiger partial charge in [-0.1, -0.05) is 13.8 Å². The molecule has 172 valence electrons. The third-order valence-electron chi connectivity index (χ3n) is 6.36. The highest BCUT2D eigenvalue weighted by Gasteiger charge is 2.30. The Labute approximate surface area is 189 Å². The van der Waals surface area contributed by atoms with Gasteiger partial charge in [-0.25, -0.2) is 4.98 Å². The molecule has 2 amide bonds. The highest BCUT2D eigenvalue weighted by Crippen LogP contribution is 2.34. The van der Waals surface area contributed by atoms with E-state index >= 15 is 0 Å². The second-order valence-corrected chi connectivity index (χ2v) is 8.93. The summed E-state index contributed by atoms with van der Waals surface area (Å²) >= 11 is 0. The average molecular weight is 440 g/mol. The van der Waals surface area contributed by atoms with Gasteiger partial charge in [0.1, 0.15) is 12.8 Å². The van der Waals surface area contributed by atoms with Crippen molar-refractivity contribution in [2.24, 2.45) is 5.92 Å². The van der Waals surface area contributed by atoms with E-state index in [0.717, 1.165) is 25.1 Å². The molecule has 0 radical (unpaired) electrons. The summed E-state index contributed by atoms with van der Waals surface area (Å²) in [7, 11) is 1.84. The number of ether oxygens (including phenoxy) is 1. The number of carbonyl (C=O) groups excluding carboxylic acids is 2. The Morgan fingerprint density at radius 1 is 1.25 bits per heavy atom. The summed E-state index contributed by atoms with van der Waals surface area (Å²) in [5.74, 6) is 1.29. The largest absolute Gasteiger partial charge is 0.488 e. The fourth-order valence-electron chi connectivity index (χ4n) is 4.49. The number of hydrogen-bond acceptors (Lipinski definition) is 6. The normalized spacial score (nSPS) is 23.0. The molecule has 0 aliphatic carbocycles. The summed E-state index contributed by atoms with van der Waals surface area (Å²) in [5, 5.41) is 3.20. The second-order valence-electron chi connectivity index (χ2n) is 8.93. The summed E-state index contributed by atoms with van der Waals surface area (Å²) < 4.78 is 5.89. The first-order valence-corrected chi connectivity index (χ1v) is 11.5. The van der Waals surface area contributed by atoms with Crippen LogP contribution in [0.3, 0.4) is 0 Å². The lowest BCUT2D eigenvalue weighted by atomic mass is 10.0. The van der Waals surface area contributed by atoms with Crippen LogP contribution in [0.1, 0.15) is 50.4 Å². The zero-order valence-electron chi connectivity index (χ0n) is 19.4. The maximum absolute atomic E-state index is 13.1. The van der Waals surface area contributed by atoms with Gasteiger partial charge in [0.2, 0.25) is 5.91 Å². The Balaban J connectivity index is 1.57. The molecule has 0 saturated carbocycles. The number of nitrogens with zero attached hydrogens (tertiary/aromatic N) is 4. The minimum atomic E-state index is -0.238. The van der Waals surface area contributed by atoms with E-state index < -0.39 is 0 Å². The quantitative estimate of drug-likeness (QED) is 0.777. The molecule has 0 aromatic carbocycles. The third-order valence-corrected chi connectivity index (χ3v) is 6.36. The number of amides is 2. The molecule has 0 bridgehead atoms. The van der Waals surface area contributed by atoms with Crippen molar-refractivity contribution in [3.05, 3.63) is 41.9 Å². The van der Waals surface area contributed by atoms with Gasteiger partial charge in [0.15, 0.2) is 11.6 Å². The van der Waals surface area contributed by atoms with E-state index in [1.54, 1.807) is 11.1 Å². The Kier molecular flexibility index (Phi) is 6.50. The van der Waals surface area contributed by atoms with Crippen LogP contribution in [-0.4, -0.2) is 65.5 Å². The van der Waals surface area contributed by atoms with Crippen molar-refractivity contribution in [2.75, 3.05) is 31.6 Å². The number of likely N-dealkylation sites (N-methyl/N-ethyl adjacent to an activating group) is 1. The van der Waals surface area contributed by atoms with Crippen molar-refractivity contribution in [2.45, 2.75) is 52.2 Å². The summed E-state index contributed by atoms with van der Waals surface area (Å²) in [6.07, 6.45) is 10.4. The average Bonchev–Trinajstić information content (AvgIpc) is 2.82. The smallest absolute Gasteiger partial charge is 0.255 e. The summed E-state index contributed by atoms with van der Waals surface area (Å²) in [6, 6.07) is 2.06. The van der Waals surface area contributed by atoms with Crippen LogP contribution < -0.4 is 15.0 Å². The maximum atomic E-state index is 13.1. The molecule has 4 heterocycles. The predicted octanol–water partition coefficient (Wildman–Crippen LogP) is 2.74. The van der Waals surface area contributed by atoms with Crippen LogP contribution in [-0.2, 0) is 4.79 Å². The van der Waals surface area contributed by atoms with E-state index in [1.807, 2.05) is 50.2 Å². The van der Waals surface area contributed by atoms with Gasteiger partial charge in [-0.2, -0.15) is 0 Å². The number of hydrogen-bond donors (Lipinski definition) is 1. The fourth-order valence-corrected chi connectivity index (χ4v) is 4.49. The lowest BCUT2D eigenvalue weighted by Crippen LogP contribution is -2.47. The van der Waals surface area contributed by atoms with E-state index in [-0.39, 0.29) is 29.9 Å². The van der Waals surface area contributed by atoms with Gasteiger partial charge in [-0.15, -0.1) is 0 Å². The van der Waals surface area contributed by atoms with E-state index in [9.17, 15) is 9.59 Å². The minimum absolute atomic E-state index is 0.0167. The van der Waals surface area contributed by atoms with Gasteiger partial charge in [-0.3, -0.25) is 19.8 Å². The van der Waals surface area contributed by atoms with Crippen molar-refractivity contribution in [1.82, 2.24) is 20.1 Å². The minimum Gasteiger partial charge on any atom is -0.488 e. The molecule has 1 aromatic rings. The summed E-state index contributed by atoms with van der Waals surface area (Å²) in [5.41, 5.74) is 1.51. The molecule has 3 aliphatic heterocycles. The van der Waals surface area contributed by atoms with Crippen molar-refractivity contribution in [3.8, 4) is 5.75 Å². The van der Waals surface area contributed by atoms with Crippen molar-refractivity contribution < 1.29 is 14.3 Å². The first-order chi connectivity index (χ1) is 15.4. The molecule has 0 spiro atoms. The van der Waals surface area contributed by atoms with E-state index in [0.29, 0.717) is 30.3 Å². The number of rotatable bonds is 4. The standard InChI is InChI=1S/C24H33N5O3/c1-16(2)23(30)29-10-8-19(14-21(29)25-4)28-11-12-32-20-13-18(15-26-22(20)28)24(31)27-9-6-5-7-17(27)3/h8,10,13-17,21,25H,5-7,9,11-12H2,1-4H3/t17-,21?/m0/s1. The van der Waals surface area contributed by atoms with Crippen LogP contribution in [0.15, 0.2) is 36.3 Å². The molecule has 1 N–H and O–H groups in total. The van der Waals surface area contributed by atoms with Gasteiger partial charge in [-0.05, 0) is 51.5 Å². The summed E-state index contributed by atoms with van der Waals surface area (Å²) in [4.78, 5) is 36.0. The highest BCUT2D eigenvalue weighted by molar-refractivity contribution is 5.95. The van der Waals surface area contributed by atoms with Crippen LogP contribution in [0, 0.1) is 5.92 Å². The lowest BCUT2D eigenvalue weighted by molar-refractivity contribution is -0.133. The molecule has 3 aliphatic rings. The number of fused-ring (bicyclic) bond motifs is 1. The Morgan fingerprint density at radius 2 is 2.06 bits per heavy atom. The molecule has 8 heteroatoms. The third kappa shape index (κ3) is 4.24. The molecule has 1 aromatic heterocycles. The zero-order chi connectivity index (χ0) is 22.8. The number of pyridine rings is 1. The van der Waals surface area contributed by atoms with Crippen molar-refractivity contribution >= 4 is 17.6 Å². The SMILES string of the molecule is CNC1C=C(N2CCOc3cc(C(=O)N4CCCC[C@@H]4C)cnc32)C=CN1C(=O)C(C)C. The molecule has 32 heavy (non-hydrogen) atoms. The Hall–Kier alpha value is -2.87. The van der Waals surface area contributed by atoms with E-state index in [4.69, 9.17) is 4.74 Å². The van der Waals surface area contributed by atoms with Gasteiger partial charge < -0.3 is 14.5 Å². The van der Waals surface area contributed by atoms with Crippen LogP contribution in [0.25, 0.3) is 0 Å². The van der Waals surface area contributed by atoms with Crippen molar-refractivity contribution in [1.29, 1.82) is 0 Å². The number of likely N-dealkylation sites (tertiary alicyclic amines) is 1. The monoisotopic (exact) mass is 439 g/mol. The second kappa shape index (κ2) is 9.32. The van der Waals surface area contributed by atoms with Crippen molar-refractivity contribution in [3.63, 3.8) is 0 Å². The molecule has 1 unspecified atom stereocenters. The van der Waals surface area contributed by atoms with Gasteiger partial charge in [0.05, 0.1) is 12.1 Å². The molecular formula is C24H33N5O3. The van der Waals surface area contributed by atoms with Gasteiger partial charge in [0.25, 0.3) is 5.91 Å². The number of piperidine rings is 1. The van der Waals surface area contributed by atoms with Crippen LogP contribution in [0.5, 0.6) is 5.75 Å². The van der Waals surface area contributed by atoms with E-state index in [1.165, 1.54) is 6.42 Å². The summed E-state index contributed by atoms with van der Waals surface area (Å²) in [6.45, 7) is 7.83. The number of aromatic nitrogens is 1. The van der Waals surface area contributed by atoms with Crippen LogP contribution >= 0.6 is 0 Å². The first-order valence-electron chi connectivity index (χ1n) is 11.5. The number of nitrogens with one attached hydrogen (secondary N) is 1. The maximum Gasteiger partial charge on any atom is 0.255 e. The molecule has 4 rings (SSSR count). The van der Waals surface area contributed by atoms with Crippen LogP contribution in [0.4, 0.5) is 5.82 Å².